The normalized spacial score (nSPS) is 24.6. The molecule has 3 heterocycles. The Bertz CT molecular complexity index is 1180. The highest BCUT2D eigenvalue weighted by Gasteiger charge is 2.63. The lowest BCUT2D eigenvalue weighted by molar-refractivity contribution is -0.146. The van der Waals surface area contributed by atoms with Gasteiger partial charge in [0, 0.05) is 12.2 Å². The largest absolute Gasteiger partial charge is 0.497 e. The Labute approximate surface area is 192 Å². The number of nitrogens with zero attached hydrogens (tertiary/aromatic N) is 2. The van der Waals surface area contributed by atoms with E-state index in [1.807, 2.05) is 0 Å². The summed E-state index contributed by atoms with van der Waals surface area (Å²) in [6.07, 6.45) is -4.89. The van der Waals surface area contributed by atoms with Crippen LogP contribution in [0.2, 0.25) is 0 Å². The maximum Gasteiger partial charge on any atom is 0.416 e. The molecule has 3 aliphatic heterocycles. The molecule has 2 fully saturated rings. The molecule has 2 saturated heterocycles. The summed E-state index contributed by atoms with van der Waals surface area (Å²) in [5, 5.41) is 2.25. The van der Waals surface area contributed by atoms with E-state index in [1.54, 1.807) is 17.0 Å². The van der Waals surface area contributed by atoms with E-state index in [-0.39, 0.29) is 37.4 Å². The number of alkyl halides is 3. The zero-order chi connectivity index (χ0) is 24.3. The molecule has 3 aliphatic rings. The number of methoxy groups -OCH3 is 1. The number of imide groups is 2. The second kappa shape index (κ2) is 7.73. The smallest absolute Gasteiger partial charge is 0.416 e. The average molecular weight is 475 g/mol. The fourth-order valence-corrected chi connectivity index (χ4v) is 4.97. The summed E-state index contributed by atoms with van der Waals surface area (Å²) in [7, 11) is 1.47. The number of halogens is 3. The molecule has 5 rings (SSSR count). The van der Waals surface area contributed by atoms with Crippen molar-refractivity contribution in [1.29, 1.82) is 0 Å². The molecule has 0 aromatic heterocycles. The lowest BCUT2D eigenvalue weighted by Gasteiger charge is -2.53. The number of amides is 4. The number of carbonyl (C=O) groups excluding carboxylic acids is 3. The monoisotopic (exact) mass is 475 g/mol. The molecule has 0 radical (unpaired) electrons. The van der Waals surface area contributed by atoms with Crippen LogP contribution in [0.3, 0.4) is 0 Å². The van der Waals surface area contributed by atoms with E-state index in [9.17, 15) is 27.6 Å². The lowest BCUT2D eigenvalue weighted by atomic mass is 9.68. The molecule has 2 atom stereocenters. The summed E-state index contributed by atoms with van der Waals surface area (Å²) in [4.78, 5) is 42.6. The van der Waals surface area contributed by atoms with Crippen LogP contribution in [0.15, 0.2) is 42.5 Å². The van der Waals surface area contributed by atoms with Crippen LogP contribution in [0, 0.1) is 5.41 Å². The highest BCUT2D eigenvalue weighted by Crippen LogP contribution is 2.47. The minimum atomic E-state index is -4.59. The number of ether oxygens (including phenoxy) is 2. The van der Waals surface area contributed by atoms with Crippen LogP contribution >= 0.6 is 0 Å². The van der Waals surface area contributed by atoms with E-state index >= 15 is 0 Å². The molecule has 0 aliphatic carbocycles. The number of nitrogens with one attached hydrogen (secondary N) is 1. The Morgan fingerprint density at radius 1 is 1.12 bits per heavy atom. The number of fused-ring (bicyclic) bond motifs is 4. The van der Waals surface area contributed by atoms with Gasteiger partial charge in [-0.1, -0.05) is 0 Å². The van der Waals surface area contributed by atoms with Gasteiger partial charge >= 0.3 is 12.2 Å². The van der Waals surface area contributed by atoms with Crippen LogP contribution in [0.4, 0.5) is 29.3 Å². The molecule has 0 unspecified atom stereocenters. The van der Waals surface area contributed by atoms with Crippen molar-refractivity contribution in [2.45, 2.75) is 18.6 Å². The topological polar surface area (TPSA) is 88.2 Å². The highest BCUT2D eigenvalue weighted by atomic mass is 19.4. The summed E-state index contributed by atoms with van der Waals surface area (Å²) in [5.74, 6) is -1.16. The maximum atomic E-state index is 13.9. The molecule has 178 valence electrons. The molecular weight excluding hydrogens is 455 g/mol. The molecular formula is C23H20F3N3O5. The third kappa shape index (κ3) is 3.22. The van der Waals surface area contributed by atoms with E-state index in [4.69, 9.17) is 9.47 Å². The van der Waals surface area contributed by atoms with Gasteiger partial charge in [0.05, 0.1) is 37.6 Å². The SMILES string of the molecule is COc1ccc(N2C(=O)NC(=O)[C@@]3(Cc4cc(C(F)(F)F)ccc4N4CCOC[C@H]43)C2=O)cc1. The lowest BCUT2D eigenvalue weighted by Crippen LogP contribution is -2.74. The van der Waals surface area contributed by atoms with Crippen LogP contribution < -0.4 is 19.9 Å². The molecule has 2 aromatic rings. The number of urea groups is 1. The number of anilines is 2. The van der Waals surface area contributed by atoms with Gasteiger partial charge < -0.3 is 14.4 Å². The molecule has 0 saturated carbocycles. The zero-order valence-electron chi connectivity index (χ0n) is 18.0. The van der Waals surface area contributed by atoms with Crippen molar-refractivity contribution in [3.63, 3.8) is 0 Å². The fraction of sp³-hybridized carbons (Fsp3) is 0.348. The van der Waals surface area contributed by atoms with Gasteiger partial charge in [0.2, 0.25) is 5.91 Å². The van der Waals surface area contributed by atoms with Crippen molar-refractivity contribution in [3.05, 3.63) is 53.6 Å². The van der Waals surface area contributed by atoms with Gasteiger partial charge in [-0.25, -0.2) is 9.69 Å². The van der Waals surface area contributed by atoms with Crippen LogP contribution in [0.5, 0.6) is 5.75 Å². The van der Waals surface area contributed by atoms with E-state index in [0.29, 0.717) is 11.4 Å². The fourth-order valence-electron chi connectivity index (χ4n) is 4.97. The minimum Gasteiger partial charge on any atom is -0.497 e. The quantitative estimate of drug-likeness (QED) is 0.673. The first-order valence-electron chi connectivity index (χ1n) is 10.6. The van der Waals surface area contributed by atoms with E-state index in [1.165, 1.54) is 25.3 Å². The van der Waals surface area contributed by atoms with Crippen LogP contribution in [0.25, 0.3) is 0 Å². The second-order valence-electron chi connectivity index (χ2n) is 8.37. The summed E-state index contributed by atoms with van der Waals surface area (Å²) < 4.78 is 51.0. The molecule has 2 aromatic carbocycles. The molecule has 1 spiro atoms. The first-order valence-corrected chi connectivity index (χ1v) is 10.6. The van der Waals surface area contributed by atoms with E-state index < -0.39 is 41.0 Å². The van der Waals surface area contributed by atoms with Gasteiger partial charge in [0.15, 0.2) is 5.41 Å². The van der Waals surface area contributed by atoms with Crippen LogP contribution in [-0.4, -0.2) is 50.8 Å². The number of benzene rings is 2. The predicted molar refractivity (Wildman–Crippen MR) is 114 cm³/mol. The van der Waals surface area contributed by atoms with E-state index in [2.05, 4.69) is 5.32 Å². The van der Waals surface area contributed by atoms with Crippen LogP contribution in [-0.2, 0) is 26.9 Å². The summed E-state index contributed by atoms with van der Waals surface area (Å²) >= 11 is 0. The number of hydrogen-bond acceptors (Lipinski definition) is 6. The summed E-state index contributed by atoms with van der Waals surface area (Å²) in [6, 6.07) is 7.69. The van der Waals surface area contributed by atoms with Gasteiger partial charge in [-0.3, -0.25) is 14.9 Å². The Kier molecular flexibility index (Phi) is 5.05. The molecule has 11 heteroatoms. The van der Waals surface area contributed by atoms with Gasteiger partial charge in [-0.05, 0) is 54.4 Å². The Balaban J connectivity index is 1.64. The Morgan fingerprint density at radius 3 is 2.53 bits per heavy atom. The third-order valence-corrected chi connectivity index (χ3v) is 6.63. The van der Waals surface area contributed by atoms with Crippen molar-refractivity contribution < 1.29 is 37.0 Å². The van der Waals surface area contributed by atoms with Crippen molar-refractivity contribution in [2.24, 2.45) is 5.41 Å². The van der Waals surface area contributed by atoms with Crippen molar-refractivity contribution in [1.82, 2.24) is 5.32 Å². The minimum absolute atomic E-state index is 0.00423. The van der Waals surface area contributed by atoms with Gasteiger partial charge in [0.25, 0.3) is 5.91 Å². The van der Waals surface area contributed by atoms with Gasteiger partial charge in [-0.2, -0.15) is 13.2 Å². The number of barbiturate groups is 1. The molecule has 0 bridgehead atoms. The van der Waals surface area contributed by atoms with Gasteiger partial charge in [0.1, 0.15) is 5.75 Å². The molecule has 8 nitrogen and oxygen atoms in total. The average Bonchev–Trinajstić information content (AvgIpc) is 2.82. The summed E-state index contributed by atoms with van der Waals surface area (Å²) in [6.45, 7) is 0.566. The third-order valence-electron chi connectivity index (χ3n) is 6.63. The molecule has 4 amide bonds. The summed E-state index contributed by atoms with van der Waals surface area (Å²) in [5.41, 5.74) is -1.81. The first-order chi connectivity index (χ1) is 16.2. The predicted octanol–water partition coefficient (Wildman–Crippen LogP) is 2.74. The zero-order valence-corrected chi connectivity index (χ0v) is 18.0. The highest BCUT2D eigenvalue weighted by molar-refractivity contribution is 6.30. The van der Waals surface area contributed by atoms with Crippen molar-refractivity contribution in [3.8, 4) is 5.75 Å². The van der Waals surface area contributed by atoms with E-state index in [0.717, 1.165) is 17.0 Å². The number of hydrogen-bond donors (Lipinski definition) is 1. The number of rotatable bonds is 2. The molecule has 1 N–H and O–H groups in total. The number of carbonyl (C=O) groups is 3. The Morgan fingerprint density at radius 2 is 1.85 bits per heavy atom. The number of morpholine rings is 1. The second-order valence-corrected chi connectivity index (χ2v) is 8.37. The standard InChI is InChI=1S/C23H20F3N3O5/c1-33-16-5-3-15(4-6-16)29-20(31)22(19(30)27-21(29)32)11-13-10-14(23(24,25)26)2-7-17(13)28-8-9-34-12-18(22)28/h2-7,10,18H,8-9,11-12H2,1H3,(H,27,30,32)/t18-,22-/m0/s1. The van der Waals surface area contributed by atoms with Crippen molar-refractivity contribution in [2.75, 3.05) is 36.7 Å². The Hall–Kier alpha value is -3.60. The van der Waals surface area contributed by atoms with Crippen LogP contribution in [0.1, 0.15) is 11.1 Å². The van der Waals surface area contributed by atoms with Gasteiger partial charge in [-0.15, -0.1) is 0 Å². The maximum absolute atomic E-state index is 13.9. The molecule has 34 heavy (non-hydrogen) atoms. The van der Waals surface area contributed by atoms with Crippen molar-refractivity contribution >= 4 is 29.2 Å². The first kappa shape index (κ1) is 22.2.